The van der Waals surface area contributed by atoms with Gasteiger partial charge in [0.25, 0.3) is 5.91 Å². The first kappa shape index (κ1) is 20.9. The van der Waals surface area contributed by atoms with Crippen molar-refractivity contribution >= 4 is 22.6 Å². The molecule has 0 saturated heterocycles. The molecule has 0 saturated carbocycles. The third kappa shape index (κ3) is 5.14. The van der Waals surface area contributed by atoms with Crippen LogP contribution in [0.25, 0.3) is 16.7 Å². The van der Waals surface area contributed by atoms with Crippen molar-refractivity contribution in [3.05, 3.63) is 90.2 Å². The second-order valence-electron chi connectivity index (χ2n) is 6.45. The first-order chi connectivity index (χ1) is 14.5. The summed E-state index contributed by atoms with van der Waals surface area (Å²) < 4.78 is 16.2. The molecule has 0 aliphatic heterocycles. The topological polar surface area (TPSA) is 86.5 Å². The molecule has 1 aliphatic carbocycles. The molecule has 0 aromatic carbocycles. The van der Waals surface area contributed by atoms with Crippen LogP contribution in [0, 0.1) is 0 Å². The van der Waals surface area contributed by atoms with E-state index in [4.69, 9.17) is 13.9 Å². The van der Waals surface area contributed by atoms with E-state index in [0.29, 0.717) is 40.6 Å². The van der Waals surface area contributed by atoms with Gasteiger partial charge in [-0.05, 0) is 31.6 Å². The van der Waals surface area contributed by atoms with Crippen molar-refractivity contribution in [1.82, 2.24) is 15.3 Å². The average Bonchev–Trinajstić information content (AvgIpc) is 3.05. The Morgan fingerprint density at radius 1 is 1.30 bits per heavy atom. The number of carbonyl (C=O) groups excluding carboxylic acids is 1. The van der Waals surface area contributed by atoms with Crippen LogP contribution in [0.15, 0.2) is 88.7 Å². The lowest BCUT2D eigenvalue weighted by Gasteiger charge is -2.08. The second kappa shape index (κ2) is 9.56. The number of aromatic nitrogens is 2. The minimum atomic E-state index is -0.355. The zero-order chi connectivity index (χ0) is 21.5. The monoisotopic (exact) mass is 405 g/mol. The number of allylic oxidation sites excluding steroid dienone is 7. The number of rotatable bonds is 7. The van der Waals surface area contributed by atoms with E-state index in [-0.39, 0.29) is 11.5 Å². The van der Waals surface area contributed by atoms with Gasteiger partial charge in [0.2, 0.25) is 5.89 Å². The molecule has 0 fully saturated rings. The molecule has 7 heteroatoms. The number of ether oxygens (including phenoxy) is 2. The van der Waals surface area contributed by atoms with Crippen molar-refractivity contribution in [3.63, 3.8) is 0 Å². The Morgan fingerprint density at radius 3 is 2.87 bits per heavy atom. The molecule has 0 radical (unpaired) electrons. The molecule has 0 bridgehead atoms. The minimum absolute atomic E-state index is 0.240. The van der Waals surface area contributed by atoms with Crippen LogP contribution in [-0.2, 0) is 14.3 Å². The summed E-state index contributed by atoms with van der Waals surface area (Å²) in [6, 6.07) is 1.76. The highest BCUT2D eigenvalue weighted by molar-refractivity contribution is 5.97. The highest BCUT2D eigenvalue weighted by Gasteiger charge is 2.13. The van der Waals surface area contributed by atoms with Gasteiger partial charge in [0, 0.05) is 35.2 Å². The van der Waals surface area contributed by atoms with E-state index in [0.717, 1.165) is 5.57 Å². The number of methoxy groups -OCH3 is 2. The smallest absolute Gasteiger partial charge is 0.255 e. The van der Waals surface area contributed by atoms with E-state index in [9.17, 15) is 4.79 Å². The van der Waals surface area contributed by atoms with E-state index in [1.807, 2.05) is 24.3 Å². The Kier molecular flexibility index (Phi) is 6.64. The molecule has 1 N–H and O–H groups in total. The van der Waals surface area contributed by atoms with Crippen molar-refractivity contribution in [1.29, 1.82) is 0 Å². The van der Waals surface area contributed by atoms with Crippen LogP contribution in [0.4, 0.5) is 0 Å². The summed E-state index contributed by atoms with van der Waals surface area (Å²) in [4.78, 5) is 21.1. The van der Waals surface area contributed by atoms with E-state index in [1.54, 1.807) is 44.6 Å². The van der Waals surface area contributed by atoms with Gasteiger partial charge in [-0.15, -0.1) is 0 Å². The van der Waals surface area contributed by atoms with E-state index in [2.05, 4.69) is 21.9 Å². The maximum Gasteiger partial charge on any atom is 0.255 e. The minimum Gasteiger partial charge on any atom is -0.501 e. The van der Waals surface area contributed by atoms with Crippen molar-refractivity contribution in [2.45, 2.75) is 13.3 Å². The average molecular weight is 405 g/mol. The lowest BCUT2D eigenvalue weighted by molar-refractivity contribution is -0.116. The Hall–Kier alpha value is -3.87. The fourth-order valence-electron chi connectivity index (χ4n) is 2.66. The Labute approximate surface area is 174 Å². The third-order valence-corrected chi connectivity index (χ3v) is 4.29. The van der Waals surface area contributed by atoms with Gasteiger partial charge in [-0.1, -0.05) is 18.7 Å². The molecule has 2 aromatic heterocycles. The molecular formula is C23H23N3O4. The highest BCUT2D eigenvalue weighted by atomic mass is 16.5. The molecule has 0 atom stereocenters. The molecule has 1 amide bonds. The standard InChI is InChI=1S/C23H23N3O4/c1-15(11-19(29-4)12-16(2)28-3)22(27)25-18-8-6-5-7-17(13-18)23-26-20-14-24-10-9-21(20)30-23/h6-14H,1,5H2,2-4H3,(H,25,27)/b16-12+,19-11+. The first-order valence-corrected chi connectivity index (χ1v) is 9.27. The molecule has 30 heavy (non-hydrogen) atoms. The van der Waals surface area contributed by atoms with Crippen LogP contribution in [0.1, 0.15) is 19.2 Å². The van der Waals surface area contributed by atoms with E-state index >= 15 is 0 Å². The lowest BCUT2D eigenvalue weighted by Crippen LogP contribution is -2.22. The summed E-state index contributed by atoms with van der Waals surface area (Å²) in [5, 5.41) is 2.85. The number of pyridine rings is 1. The number of nitrogens with one attached hydrogen (secondary N) is 1. The zero-order valence-electron chi connectivity index (χ0n) is 17.1. The maximum atomic E-state index is 12.6. The van der Waals surface area contributed by atoms with Crippen LogP contribution < -0.4 is 5.32 Å². The summed E-state index contributed by atoms with van der Waals surface area (Å²) in [6.45, 7) is 5.61. The molecule has 1 aliphatic rings. The van der Waals surface area contributed by atoms with Crippen LogP contribution in [0.2, 0.25) is 0 Å². The summed E-state index contributed by atoms with van der Waals surface area (Å²) in [5.41, 5.74) is 2.94. The fraction of sp³-hybridized carbons (Fsp3) is 0.174. The number of nitrogens with zero attached hydrogens (tertiary/aromatic N) is 2. The normalized spacial score (nSPS) is 14.6. The molecule has 2 heterocycles. The van der Waals surface area contributed by atoms with Crippen molar-refractivity contribution < 1.29 is 18.7 Å². The van der Waals surface area contributed by atoms with E-state index in [1.165, 1.54) is 7.11 Å². The zero-order valence-corrected chi connectivity index (χ0v) is 17.1. The fourth-order valence-corrected chi connectivity index (χ4v) is 2.66. The second-order valence-corrected chi connectivity index (χ2v) is 6.45. The number of amides is 1. The Morgan fingerprint density at radius 2 is 2.13 bits per heavy atom. The number of oxazole rings is 1. The number of fused-ring (bicyclic) bond motifs is 1. The van der Waals surface area contributed by atoms with Gasteiger partial charge in [-0.25, -0.2) is 4.98 Å². The van der Waals surface area contributed by atoms with Crippen molar-refractivity contribution in [2.75, 3.05) is 14.2 Å². The van der Waals surface area contributed by atoms with Gasteiger partial charge in [0.15, 0.2) is 5.58 Å². The highest BCUT2D eigenvalue weighted by Crippen LogP contribution is 2.24. The van der Waals surface area contributed by atoms with E-state index < -0.39 is 0 Å². The summed E-state index contributed by atoms with van der Waals surface area (Å²) in [5.74, 6) is 1.22. The van der Waals surface area contributed by atoms with Gasteiger partial charge in [0.05, 0.1) is 26.2 Å². The van der Waals surface area contributed by atoms with Crippen LogP contribution >= 0.6 is 0 Å². The molecule has 7 nitrogen and oxygen atoms in total. The molecule has 154 valence electrons. The van der Waals surface area contributed by atoms with Gasteiger partial charge in [-0.2, -0.15) is 0 Å². The first-order valence-electron chi connectivity index (χ1n) is 9.27. The molecule has 0 unspecified atom stereocenters. The molecule has 3 rings (SSSR count). The van der Waals surface area contributed by atoms with Crippen molar-refractivity contribution in [2.24, 2.45) is 0 Å². The summed E-state index contributed by atoms with van der Waals surface area (Å²) in [6.07, 6.45) is 14.7. The number of hydrogen-bond acceptors (Lipinski definition) is 6. The number of carbonyl (C=O) groups is 1. The Bertz CT molecular complexity index is 1080. The van der Waals surface area contributed by atoms with Crippen LogP contribution in [0.3, 0.4) is 0 Å². The van der Waals surface area contributed by atoms with Gasteiger partial charge >= 0.3 is 0 Å². The lowest BCUT2D eigenvalue weighted by atomic mass is 10.2. The largest absolute Gasteiger partial charge is 0.501 e. The molecular weight excluding hydrogens is 382 g/mol. The third-order valence-electron chi connectivity index (χ3n) is 4.29. The van der Waals surface area contributed by atoms with Crippen LogP contribution in [-0.4, -0.2) is 30.1 Å². The maximum absolute atomic E-state index is 12.6. The predicted octanol–water partition coefficient (Wildman–Crippen LogP) is 4.20. The molecule has 2 aromatic rings. The van der Waals surface area contributed by atoms with Crippen molar-refractivity contribution in [3.8, 4) is 0 Å². The van der Waals surface area contributed by atoms with Gasteiger partial charge in [-0.3, -0.25) is 9.78 Å². The predicted molar refractivity (Wildman–Crippen MR) is 115 cm³/mol. The number of hydrogen-bond donors (Lipinski definition) is 1. The summed E-state index contributed by atoms with van der Waals surface area (Å²) in [7, 11) is 3.07. The van der Waals surface area contributed by atoms with Gasteiger partial charge < -0.3 is 19.2 Å². The van der Waals surface area contributed by atoms with Gasteiger partial charge in [0.1, 0.15) is 11.3 Å². The molecule has 0 spiro atoms. The summed E-state index contributed by atoms with van der Waals surface area (Å²) >= 11 is 0. The SMILES string of the molecule is C=C(/C=C(\C=C(/C)OC)OC)C(=O)NC1=CC(c2nc3cnccc3o2)=CCC=C1. The quantitative estimate of drug-likeness (QED) is 0.422. The van der Waals surface area contributed by atoms with Crippen LogP contribution in [0.5, 0.6) is 0 Å². The Balaban J connectivity index is 1.78.